The van der Waals surface area contributed by atoms with E-state index in [1.54, 1.807) is 19.1 Å². The summed E-state index contributed by atoms with van der Waals surface area (Å²) in [5, 5.41) is 10.4. The van der Waals surface area contributed by atoms with Crippen LogP contribution < -0.4 is 14.2 Å². The SMILES string of the molecule is COc1ccc([C@@H]2[C@@H](C(=O)O)[C@@H](c3ccc4c(c3)OCO4)CN2CC(=O)N(C)Cc2ccccc2)cc1. The van der Waals surface area contributed by atoms with Gasteiger partial charge in [-0.15, -0.1) is 0 Å². The largest absolute Gasteiger partial charge is 0.497 e. The van der Waals surface area contributed by atoms with Crippen molar-refractivity contribution < 1.29 is 28.9 Å². The minimum absolute atomic E-state index is 0.0714. The maximum atomic E-state index is 13.3. The lowest BCUT2D eigenvalue weighted by Crippen LogP contribution is -2.39. The number of hydrogen-bond donors (Lipinski definition) is 1. The number of nitrogens with zero attached hydrogens (tertiary/aromatic N) is 2. The zero-order valence-electron chi connectivity index (χ0n) is 20.9. The van der Waals surface area contributed by atoms with Crippen LogP contribution in [0.1, 0.15) is 28.7 Å². The number of carbonyl (C=O) groups excluding carboxylic acids is 1. The Morgan fingerprint density at radius 1 is 1.00 bits per heavy atom. The first kappa shape index (κ1) is 24.6. The number of amides is 1. The van der Waals surface area contributed by atoms with Gasteiger partial charge in [0.2, 0.25) is 12.7 Å². The second kappa shape index (κ2) is 10.5. The fraction of sp³-hybridized carbons (Fsp3) is 0.310. The number of hydrogen-bond acceptors (Lipinski definition) is 6. The highest BCUT2D eigenvalue weighted by molar-refractivity contribution is 5.79. The van der Waals surface area contributed by atoms with Crippen LogP contribution >= 0.6 is 0 Å². The van der Waals surface area contributed by atoms with Crippen molar-refractivity contribution in [2.24, 2.45) is 5.92 Å². The van der Waals surface area contributed by atoms with Crippen LogP contribution in [-0.2, 0) is 16.1 Å². The summed E-state index contributed by atoms with van der Waals surface area (Å²) in [5.74, 6) is -0.137. The van der Waals surface area contributed by atoms with Crippen molar-refractivity contribution in [1.82, 2.24) is 9.80 Å². The van der Waals surface area contributed by atoms with Crippen LogP contribution in [0.4, 0.5) is 0 Å². The molecule has 1 fully saturated rings. The molecule has 8 nitrogen and oxygen atoms in total. The zero-order chi connectivity index (χ0) is 25.9. The summed E-state index contributed by atoms with van der Waals surface area (Å²) < 4.78 is 16.3. The summed E-state index contributed by atoms with van der Waals surface area (Å²) in [6.45, 7) is 1.15. The van der Waals surface area contributed by atoms with Crippen molar-refractivity contribution >= 4 is 11.9 Å². The van der Waals surface area contributed by atoms with Gasteiger partial charge in [-0.1, -0.05) is 48.5 Å². The van der Waals surface area contributed by atoms with E-state index in [2.05, 4.69) is 0 Å². The van der Waals surface area contributed by atoms with Gasteiger partial charge < -0.3 is 24.2 Å². The summed E-state index contributed by atoms with van der Waals surface area (Å²) in [5.41, 5.74) is 2.71. The average Bonchev–Trinajstić information content (AvgIpc) is 3.53. The number of carbonyl (C=O) groups is 2. The number of benzene rings is 3. The number of ether oxygens (including phenoxy) is 3. The van der Waals surface area contributed by atoms with Crippen molar-refractivity contribution in [1.29, 1.82) is 0 Å². The molecule has 0 saturated carbocycles. The highest BCUT2D eigenvalue weighted by atomic mass is 16.7. The molecule has 2 aliphatic heterocycles. The Hall–Kier alpha value is -4.04. The summed E-state index contributed by atoms with van der Waals surface area (Å²) in [7, 11) is 3.37. The smallest absolute Gasteiger partial charge is 0.309 e. The van der Waals surface area contributed by atoms with Crippen molar-refractivity contribution in [2.75, 3.05) is 34.0 Å². The van der Waals surface area contributed by atoms with Crippen LogP contribution in [0.15, 0.2) is 72.8 Å². The van der Waals surface area contributed by atoms with Gasteiger partial charge in [0.25, 0.3) is 0 Å². The third-order valence-electron chi connectivity index (χ3n) is 7.19. The highest BCUT2D eigenvalue weighted by Gasteiger charge is 2.48. The molecule has 192 valence electrons. The molecule has 2 heterocycles. The molecule has 8 heteroatoms. The molecule has 5 rings (SSSR count). The lowest BCUT2D eigenvalue weighted by Gasteiger charge is -2.28. The maximum absolute atomic E-state index is 13.3. The molecule has 0 aliphatic carbocycles. The number of methoxy groups -OCH3 is 1. The highest BCUT2D eigenvalue weighted by Crippen LogP contribution is 2.47. The van der Waals surface area contributed by atoms with Gasteiger partial charge >= 0.3 is 5.97 Å². The van der Waals surface area contributed by atoms with E-state index >= 15 is 0 Å². The van der Waals surface area contributed by atoms with E-state index in [0.29, 0.717) is 30.3 Å². The molecule has 0 spiro atoms. The monoisotopic (exact) mass is 502 g/mol. The Bertz CT molecular complexity index is 1260. The van der Waals surface area contributed by atoms with Gasteiger partial charge in [0.1, 0.15) is 5.75 Å². The van der Waals surface area contributed by atoms with Crippen LogP contribution in [0.5, 0.6) is 17.2 Å². The van der Waals surface area contributed by atoms with E-state index in [0.717, 1.165) is 16.7 Å². The Balaban J connectivity index is 1.45. The normalized spacial score (nSPS) is 20.5. The number of carboxylic acids is 1. The van der Waals surface area contributed by atoms with Crippen molar-refractivity contribution in [3.05, 3.63) is 89.5 Å². The molecule has 3 atom stereocenters. The van der Waals surface area contributed by atoms with E-state index in [-0.39, 0.29) is 25.2 Å². The van der Waals surface area contributed by atoms with E-state index in [1.807, 2.05) is 77.7 Å². The average molecular weight is 503 g/mol. The van der Waals surface area contributed by atoms with Crippen LogP contribution in [0.2, 0.25) is 0 Å². The van der Waals surface area contributed by atoms with Crippen molar-refractivity contribution in [3.8, 4) is 17.2 Å². The van der Waals surface area contributed by atoms with Gasteiger partial charge in [-0.2, -0.15) is 0 Å². The predicted molar refractivity (Wildman–Crippen MR) is 137 cm³/mol. The molecule has 3 aromatic carbocycles. The number of likely N-dealkylation sites (N-methyl/N-ethyl adjacent to an activating group) is 1. The maximum Gasteiger partial charge on any atom is 0.309 e. The van der Waals surface area contributed by atoms with E-state index < -0.39 is 17.9 Å². The molecule has 0 radical (unpaired) electrons. The van der Waals surface area contributed by atoms with Gasteiger partial charge in [-0.05, 0) is 41.0 Å². The summed E-state index contributed by atoms with van der Waals surface area (Å²) >= 11 is 0. The Morgan fingerprint density at radius 2 is 1.70 bits per heavy atom. The number of likely N-dealkylation sites (tertiary alicyclic amines) is 1. The molecule has 1 saturated heterocycles. The Morgan fingerprint density at radius 3 is 2.41 bits per heavy atom. The molecule has 0 aromatic heterocycles. The molecular formula is C29H30N2O6. The van der Waals surface area contributed by atoms with Gasteiger partial charge in [-0.25, -0.2) is 0 Å². The van der Waals surface area contributed by atoms with Crippen LogP contribution in [0.3, 0.4) is 0 Å². The number of fused-ring (bicyclic) bond motifs is 1. The topological polar surface area (TPSA) is 88.5 Å². The van der Waals surface area contributed by atoms with Gasteiger partial charge in [0.05, 0.1) is 19.6 Å². The van der Waals surface area contributed by atoms with E-state index in [9.17, 15) is 14.7 Å². The summed E-state index contributed by atoms with van der Waals surface area (Å²) in [6.07, 6.45) is 0. The second-order valence-electron chi connectivity index (χ2n) is 9.47. The van der Waals surface area contributed by atoms with Gasteiger partial charge in [-0.3, -0.25) is 14.5 Å². The Labute approximate surface area is 216 Å². The fourth-order valence-corrected chi connectivity index (χ4v) is 5.31. The third kappa shape index (κ3) is 5.11. The lowest BCUT2D eigenvalue weighted by atomic mass is 9.82. The van der Waals surface area contributed by atoms with Crippen LogP contribution in [-0.4, -0.2) is 60.8 Å². The first-order valence-electron chi connectivity index (χ1n) is 12.2. The summed E-state index contributed by atoms with van der Waals surface area (Å²) in [4.78, 5) is 29.7. The molecule has 3 aromatic rings. The molecule has 1 amide bonds. The van der Waals surface area contributed by atoms with E-state index in [4.69, 9.17) is 14.2 Å². The van der Waals surface area contributed by atoms with Crippen molar-refractivity contribution in [2.45, 2.75) is 18.5 Å². The minimum atomic E-state index is -0.906. The predicted octanol–water partition coefficient (Wildman–Crippen LogP) is 3.92. The molecule has 2 aliphatic rings. The van der Waals surface area contributed by atoms with E-state index in [1.165, 1.54) is 0 Å². The number of aliphatic carboxylic acids is 1. The fourth-order valence-electron chi connectivity index (χ4n) is 5.31. The molecule has 1 N–H and O–H groups in total. The lowest BCUT2D eigenvalue weighted by molar-refractivity contribution is -0.143. The third-order valence-corrected chi connectivity index (χ3v) is 7.19. The first-order chi connectivity index (χ1) is 17.9. The Kier molecular flexibility index (Phi) is 7.01. The minimum Gasteiger partial charge on any atom is -0.497 e. The van der Waals surface area contributed by atoms with Gasteiger partial charge in [0, 0.05) is 32.1 Å². The molecule has 37 heavy (non-hydrogen) atoms. The number of carboxylic acid groups (broad SMARTS) is 1. The zero-order valence-corrected chi connectivity index (χ0v) is 20.9. The van der Waals surface area contributed by atoms with Crippen LogP contribution in [0.25, 0.3) is 0 Å². The molecule has 0 unspecified atom stereocenters. The summed E-state index contributed by atoms with van der Waals surface area (Å²) in [6, 6.07) is 22.3. The number of rotatable bonds is 8. The van der Waals surface area contributed by atoms with Gasteiger partial charge in [0.15, 0.2) is 11.5 Å². The molecular weight excluding hydrogens is 472 g/mol. The standard InChI is InChI=1S/C29H30N2O6/c1-30(15-19-6-4-3-5-7-19)26(32)17-31-16-23(21-10-13-24-25(14-21)37-18-36-24)27(29(33)34)28(31)20-8-11-22(35-2)12-9-20/h3-14,23,27-28H,15-18H2,1-2H3,(H,33,34)/t23-,27+,28-/m1/s1. The second-order valence-corrected chi connectivity index (χ2v) is 9.47. The van der Waals surface area contributed by atoms with Crippen LogP contribution in [0, 0.1) is 5.92 Å². The quantitative estimate of drug-likeness (QED) is 0.499. The van der Waals surface area contributed by atoms with Crippen molar-refractivity contribution in [3.63, 3.8) is 0 Å². The molecule has 0 bridgehead atoms. The first-order valence-corrected chi connectivity index (χ1v) is 12.2.